The van der Waals surface area contributed by atoms with Gasteiger partial charge in [0.05, 0.1) is 0 Å². The lowest BCUT2D eigenvalue weighted by molar-refractivity contribution is 0.622. The van der Waals surface area contributed by atoms with E-state index in [4.69, 9.17) is 0 Å². The first-order valence-electron chi connectivity index (χ1n) is 4.92. The van der Waals surface area contributed by atoms with Crippen LogP contribution in [0.4, 0.5) is 0 Å². The third-order valence-electron chi connectivity index (χ3n) is 2.96. The van der Waals surface area contributed by atoms with Crippen LogP contribution in [-0.4, -0.2) is 0 Å². The van der Waals surface area contributed by atoms with Gasteiger partial charge in [-0.1, -0.05) is 23.8 Å². The fourth-order valence-electron chi connectivity index (χ4n) is 2.18. The van der Waals surface area contributed by atoms with Crippen molar-refractivity contribution in [1.82, 2.24) is 0 Å². The molecular formula is C12H16. The van der Waals surface area contributed by atoms with Crippen LogP contribution in [0, 0.1) is 5.92 Å². The fraction of sp³-hybridized carbons (Fsp3) is 0.500. The van der Waals surface area contributed by atoms with Gasteiger partial charge >= 0.3 is 0 Å². The first-order chi connectivity index (χ1) is 5.90. The second-order valence-corrected chi connectivity index (χ2v) is 3.80. The lowest BCUT2D eigenvalue weighted by Gasteiger charge is -2.24. The maximum absolute atomic E-state index is 3.85. The second kappa shape index (κ2) is 3.30. The molecule has 2 rings (SSSR count). The third-order valence-corrected chi connectivity index (χ3v) is 2.96. The molecule has 0 N–H and O–H groups in total. The second-order valence-electron chi connectivity index (χ2n) is 3.80. The SMILES string of the molecule is C=CC1C=CC2=C(CCCC2)C1. The van der Waals surface area contributed by atoms with Crippen molar-refractivity contribution < 1.29 is 0 Å². The lowest BCUT2D eigenvalue weighted by Crippen LogP contribution is -2.06. The third kappa shape index (κ3) is 1.38. The summed E-state index contributed by atoms with van der Waals surface area (Å²) in [5, 5.41) is 0. The van der Waals surface area contributed by atoms with Crippen molar-refractivity contribution in [3.8, 4) is 0 Å². The molecule has 0 heteroatoms. The van der Waals surface area contributed by atoms with Gasteiger partial charge in [-0.05, 0) is 43.6 Å². The molecule has 0 amide bonds. The molecule has 2 aliphatic carbocycles. The predicted molar refractivity (Wildman–Crippen MR) is 52.9 cm³/mol. The van der Waals surface area contributed by atoms with Gasteiger partial charge in [-0.2, -0.15) is 0 Å². The van der Waals surface area contributed by atoms with Gasteiger partial charge in [0, 0.05) is 0 Å². The average Bonchev–Trinajstić information content (AvgIpc) is 2.17. The van der Waals surface area contributed by atoms with Gasteiger partial charge in [0.1, 0.15) is 0 Å². The van der Waals surface area contributed by atoms with Crippen molar-refractivity contribution in [2.75, 3.05) is 0 Å². The molecule has 0 spiro atoms. The molecule has 1 unspecified atom stereocenters. The van der Waals surface area contributed by atoms with E-state index >= 15 is 0 Å². The Morgan fingerprint density at radius 3 is 3.00 bits per heavy atom. The Labute approximate surface area is 74.7 Å². The molecular weight excluding hydrogens is 144 g/mol. The van der Waals surface area contributed by atoms with E-state index in [1.165, 1.54) is 32.1 Å². The number of hydrogen-bond acceptors (Lipinski definition) is 0. The van der Waals surface area contributed by atoms with Gasteiger partial charge in [0.2, 0.25) is 0 Å². The summed E-state index contributed by atoms with van der Waals surface area (Å²) in [5.74, 6) is 0.613. The van der Waals surface area contributed by atoms with Crippen LogP contribution in [0.5, 0.6) is 0 Å². The molecule has 0 radical (unpaired) electrons. The molecule has 0 heterocycles. The minimum atomic E-state index is 0.613. The molecule has 12 heavy (non-hydrogen) atoms. The summed E-state index contributed by atoms with van der Waals surface area (Å²) < 4.78 is 0. The van der Waals surface area contributed by atoms with Crippen LogP contribution < -0.4 is 0 Å². The molecule has 64 valence electrons. The van der Waals surface area contributed by atoms with Crippen LogP contribution >= 0.6 is 0 Å². The Morgan fingerprint density at radius 2 is 2.17 bits per heavy atom. The standard InChI is InChI=1S/C12H16/c1-2-10-7-8-11-5-3-4-6-12(11)9-10/h2,7-8,10H,1,3-6,9H2. The molecule has 0 nitrogen and oxygen atoms in total. The molecule has 0 saturated heterocycles. The van der Waals surface area contributed by atoms with Crippen molar-refractivity contribution in [1.29, 1.82) is 0 Å². The topological polar surface area (TPSA) is 0 Å². The molecule has 0 aliphatic heterocycles. The van der Waals surface area contributed by atoms with Gasteiger partial charge in [0.25, 0.3) is 0 Å². The van der Waals surface area contributed by atoms with E-state index in [2.05, 4.69) is 24.8 Å². The zero-order valence-corrected chi connectivity index (χ0v) is 7.55. The monoisotopic (exact) mass is 160 g/mol. The number of allylic oxidation sites excluding steroid dienone is 5. The maximum Gasteiger partial charge on any atom is -0.00156 e. The van der Waals surface area contributed by atoms with Crippen LogP contribution in [0.15, 0.2) is 36.0 Å². The van der Waals surface area contributed by atoms with Crippen LogP contribution in [0.25, 0.3) is 0 Å². The van der Waals surface area contributed by atoms with Crippen molar-refractivity contribution in [3.63, 3.8) is 0 Å². The molecule has 0 aromatic carbocycles. The minimum absolute atomic E-state index is 0.613. The van der Waals surface area contributed by atoms with Crippen molar-refractivity contribution in [3.05, 3.63) is 36.0 Å². The average molecular weight is 160 g/mol. The zero-order chi connectivity index (χ0) is 8.39. The highest BCUT2D eigenvalue weighted by Gasteiger charge is 2.16. The highest BCUT2D eigenvalue weighted by atomic mass is 14.2. The molecule has 0 fully saturated rings. The minimum Gasteiger partial charge on any atom is -0.102 e. The maximum atomic E-state index is 3.85. The summed E-state index contributed by atoms with van der Waals surface area (Å²) in [5.41, 5.74) is 3.33. The van der Waals surface area contributed by atoms with E-state index in [1.807, 2.05) is 0 Å². The summed E-state index contributed by atoms with van der Waals surface area (Å²) in [6.45, 7) is 3.85. The van der Waals surface area contributed by atoms with Crippen molar-refractivity contribution in [2.24, 2.45) is 5.92 Å². The predicted octanol–water partition coefficient (Wildman–Crippen LogP) is 3.62. The molecule has 0 bridgehead atoms. The van der Waals surface area contributed by atoms with E-state index in [0.29, 0.717) is 5.92 Å². The number of rotatable bonds is 1. The fourth-order valence-corrected chi connectivity index (χ4v) is 2.18. The summed E-state index contributed by atoms with van der Waals surface area (Å²) in [6.07, 6.45) is 13.4. The Bertz CT molecular complexity index is 243. The van der Waals surface area contributed by atoms with Gasteiger partial charge in [0.15, 0.2) is 0 Å². The van der Waals surface area contributed by atoms with Gasteiger partial charge in [-0.15, -0.1) is 6.58 Å². The first kappa shape index (κ1) is 7.85. The Hall–Kier alpha value is -0.780. The van der Waals surface area contributed by atoms with Gasteiger partial charge < -0.3 is 0 Å². The quantitative estimate of drug-likeness (QED) is 0.514. The highest BCUT2D eigenvalue weighted by molar-refractivity contribution is 5.33. The number of hydrogen-bond donors (Lipinski definition) is 0. The van der Waals surface area contributed by atoms with Crippen LogP contribution in [0.3, 0.4) is 0 Å². The molecule has 1 atom stereocenters. The van der Waals surface area contributed by atoms with E-state index < -0.39 is 0 Å². The van der Waals surface area contributed by atoms with E-state index in [-0.39, 0.29) is 0 Å². The molecule has 2 aliphatic rings. The van der Waals surface area contributed by atoms with Gasteiger partial charge in [-0.25, -0.2) is 0 Å². The van der Waals surface area contributed by atoms with Crippen LogP contribution in [0.2, 0.25) is 0 Å². The van der Waals surface area contributed by atoms with Crippen LogP contribution in [0.1, 0.15) is 32.1 Å². The van der Waals surface area contributed by atoms with E-state index in [0.717, 1.165) is 0 Å². The first-order valence-corrected chi connectivity index (χ1v) is 4.92. The van der Waals surface area contributed by atoms with E-state index in [9.17, 15) is 0 Å². The van der Waals surface area contributed by atoms with Crippen molar-refractivity contribution >= 4 is 0 Å². The summed E-state index contributed by atoms with van der Waals surface area (Å²) in [4.78, 5) is 0. The van der Waals surface area contributed by atoms with Crippen LogP contribution in [-0.2, 0) is 0 Å². The highest BCUT2D eigenvalue weighted by Crippen LogP contribution is 2.34. The summed E-state index contributed by atoms with van der Waals surface area (Å²) in [7, 11) is 0. The largest absolute Gasteiger partial charge is 0.102 e. The Morgan fingerprint density at radius 1 is 1.33 bits per heavy atom. The smallest absolute Gasteiger partial charge is 0.00156 e. The Kier molecular flexibility index (Phi) is 2.16. The zero-order valence-electron chi connectivity index (χ0n) is 7.55. The normalized spacial score (nSPS) is 28.5. The summed E-state index contributed by atoms with van der Waals surface area (Å²) >= 11 is 0. The molecule has 0 aromatic heterocycles. The van der Waals surface area contributed by atoms with Crippen molar-refractivity contribution in [2.45, 2.75) is 32.1 Å². The Balaban J connectivity index is 2.17. The molecule has 0 saturated carbocycles. The van der Waals surface area contributed by atoms with E-state index in [1.54, 1.807) is 11.1 Å². The van der Waals surface area contributed by atoms with Gasteiger partial charge in [-0.3, -0.25) is 0 Å². The molecule has 0 aromatic rings. The lowest BCUT2D eigenvalue weighted by atomic mass is 9.82. The summed E-state index contributed by atoms with van der Waals surface area (Å²) in [6, 6.07) is 0.